The molecule has 0 atom stereocenters. The summed E-state index contributed by atoms with van der Waals surface area (Å²) in [6, 6.07) is 18.7. The van der Waals surface area contributed by atoms with Crippen LogP contribution in [0.1, 0.15) is 6.42 Å². The number of hydrogen-bond donors (Lipinski definition) is 1. The monoisotopic (exact) mass is 403 g/mol. The minimum absolute atomic E-state index is 0. The number of nitrogens with one attached hydrogen (secondary N) is 1. The number of ether oxygens (including phenoxy) is 1. The molecular formula is C21H26ClN3O3. The number of amides is 2. The van der Waals surface area contributed by atoms with Gasteiger partial charge in [0.2, 0.25) is 11.8 Å². The van der Waals surface area contributed by atoms with Crippen molar-refractivity contribution >= 4 is 35.6 Å². The summed E-state index contributed by atoms with van der Waals surface area (Å²) in [5, 5.41) is 2.85. The molecule has 2 amide bonds. The first-order chi connectivity index (χ1) is 13.2. The summed E-state index contributed by atoms with van der Waals surface area (Å²) in [5.41, 5.74) is 1.49. The number of morpholine rings is 1. The Balaban J connectivity index is 0.00000280. The normalized spacial score (nSPS) is 14.0. The molecule has 2 aromatic rings. The van der Waals surface area contributed by atoms with E-state index in [0.717, 1.165) is 44.2 Å². The molecule has 28 heavy (non-hydrogen) atoms. The van der Waals surface area contributed by atoms with Gasteiger partial charge in [0.15, 0.2) is 0 Å². The lowest BCUT2D eigenvalue weighted by atomic mass is 10.2. The largest absolute Gasteiger partial charge is 0.379 e. The van der Waals surface area contributed by atoms with E-state index in [-0.39, 0.29) is 30.6 Å². The number of anilines is 2. The van der Waals surface area contributed by atoms with Gasteiger partial charge in [-0.05, 0) is 24.3 Å². The first-order valence-corrected chi connectivity index (χ1v) is 9.24. The molecule has 0 spiro atoms. The van der Waals surface area contributed by atoms with Gasteiger partial charge in [-0.2, -0.15) is 0 Å². The summed E-state index contributed by atoms with van der Waals surface area (Å²) in [6.45, 7) is 4.52. The van der Waals surface area contributed by atoms with E-state index in [1.807, 2.05) is 60.7 Å². The van der Waals surface area contributed by atoms with Crippen LogP contribution in [0.2, 0.25) is 0 Å². The van der Waals surface area contributed by atoms with Crippen molar-refractivity contribution in [1.82, 2.24) is 10.2 Å². The van der Waals surface area contributed by atoms with E-state index in [1.54, 1.807) is 4.90 Å². The number of nitrogens with zero attached hydrogens (tertiary/aromatic N) is 2. The molecule has 0 aliphatic carbocycles. The van der Waals surface area contributed by atoms with Crippen LogP contribution >= 0.6 is 12.4 Å². The van der Waals surface area contributed by atoms with Crippen LogP contribution in [0.5, 0.6) is 0 Å². The minimum atomic E-state index is -0.259. The molecule has 0 aromatic heterocycles. The van der Waals surface area contributed by atoms with Crippen molar-refractivity contribution in [3.63, 3.8) is 0 Å². The van der Waals surface area contributed by atoms with Gasteiger partial charge >= 0.3 is 0 Å². The quantitative estimate of drug-likeness (QED) is 0.722. The van der Waals surface area contributed by atoms with E-state index >= 15 is 0 Å². The molecule has 7 heteroatoms. The topological polar surface area (TPSA) is 61.9 Å². The molecular weight excluding hydrogens is 378 g/mol. The third-order valence-corrected chi connectivity index (χ3v) is 4.44. The van der Waals surface area contributed by atoms with E-state index in [1.165, 1.54) is 0 Å². The highest BCUT2D eigenvalue weighted by molar-refractivity contribution is 6.09. The van der Waals surface area contributed by atoms with Gasteiger partial charge in [-0.1, -0.05) is 36.4 Å². The van der Waals surface area contributed by atoms with Crippen molar-refractivity contribution in [2.24, 2.45) is 0 Å². The van der Waals surface area contributed by atoms with E-state index in [0.29, 0.717) is 6.54 Å². The Bertz CT molecular complexity index is 698. The Morgan fingerprint density at radius 3 is 2.00 bits per heavy atom. The molecule has 150 valence electrons. The zero-order chi connectivity index (χ0) is 18.9. The fourth-order valence-corrected chi connectivity index (χ4v) is 3.05. The lowest BCUT2D eigenvalue weighted by Crippen LogP contribution is -2.42. The van der Waals surface area contributed by atoms with Gasteiger partial charge in [-0.15, -0.1) is 12.4 Å². The maximum Gasteiger partial charge on any atom is 0.240 e. The molecule has 1 saturated heterocycles. The second kappa shape index (κ2) is 11.4. The van der Waals surface area contributed by atoms with Crippen molar-refractivity contribution in [2.75, 3.05) is 44.3 Å². The first kappa shape index (κ1) is 21.9. The Hall–Kier alpha value is -2.41. The highest BCUT2D eigenvalue weighted by atomic mass is 35.5. The van der Waals surface area contributed by atoms with Crippen molar-refractivity contribution in [3.05, 3.63) is 60.7 Å². The van der Waals surface area contributed by atoms with Crippen LogP contribution in [0.4, 0.5) is 11.4 Å². The molecule has 1 heterocycles. The van der Waals surface area contributed by atoms with Crippen molar-refractivity contribution < 1.29 is 14.3 Å². The highest BCUT2D eigenvalue weighted by Gasteiger charge is 2.20. The van der Waals surface area contributed by atoms with Gasteiger partial charge in [0.25, 0.3) is 0 Å². The number of carbonyl (C=O) groups is 2. The van der Waals surface area contributed by atoms with Crippen LogP contribution in [-0.4, -0.2) is 56.1 Å². The molecule has 0 radical (unpaired) electrons. The maximum atomic E-state index is 12.9. The number of halogens is 1. The maximum absolute atomic E-state index is 12.9. The van der Waals surface area contributed by atoms with Crippen LogP contribution in [0.25, 0.3) is 0 Å². The van der Waals surface area contributed by atoms with Crippen LogP contribution < -0.4 is 10.2 Å². The molecule has 0 saturated carbocycles. The molecule has 6 nitrogen and oxygen atoms in total. The SMILES string of the molecule is Cl.O=C(CC(=O)N(c1ccccc1)c1ccccc1)NCCN1CCOCC1. The predicted molar refractivity (Wildman–Crippen MR) is 112 cm³/mol. The Kier molecular flexibility index (Phi) is 8.94. The van der Waals surface area contributed by atoms with Crippen molar-refractivity contribution in [3.8, 4) is 0 Å². The van der Waals surface area contributed by atoms with E-state index < -0.39 is 0 Å². The van der Waals surface area contributed by atoms with E-state index in [2.05, 4.69) is 10.2 Å². The predicted octanol–water partition coefficient (Wildman–Crippen LogP) is 2.61. The van der Waals surface area contributed by atoms with Crippen molar-refractivity contribution in [2.45, 2.75) is 6.42 Å². The zero-order valence-corrected chi connectivity index (χ0v) is 16.6. The van der Waals surface area contributed by atoms with Crippen LogP contribution in [0, 0.1) is 0 Å². The molecule has 1 aliphatic rings. The smallest absolute Gasteiger partial charge is 0.240 e. The Labute approximate surface area is 171 Å². The number of rotatable bonds is 7. The first-order valence-electron chi connectivity index (χ1n) is 9.24. The summed E-state index contributed by atoms with van der Waals surface area (Å²) in [5.74, 6) is -0.513. The summed E-state index contributed by atoms with van der Waals surface area (Å²) in [4.78, 5) is 28.9. The molecule has 3 rings (SSSR count). The fraction of sp³-hybridized carbons (Fsp3) is 0.333. The zero-order valence-electron chi connectivity index (χ0n) is 15.8. The Morgan fingerprint density at radius 1 is 0.929 bits per heavy atom. The second-order valence-electron chi connectivity index (χ2n) is 6.38. The lowest BCUT2D eigenvalue weighted by Gasteiger charge is -2.26. The second-order valence-corrected chi connectivity index (χ2v) is 6.38. The third-order valence-electron chi connectivity index (χ3n) is 4.44. The molecule has 1 N–H and O–H groups in total. The number of carbonyl (C=O) groups excluding carboxylic acids is 2. The van der Waals surface area contributed by atoms with Crippen LogP contribution in [0.3, 0.4) is 0 Å². The van der Waals surface area contributed by atoms with Gasteiger partial charge < -0.3 is 10.1 Å². The fourth-order valence-electron chi connectivity index (χ4n) is 3.05. The molecule has 1 fully saturated rings. The number of hydrogen-bond acceptors (Lipinski definition) is 4. The number of para-hydroxylation sites is 2. The number of benzene rings is 2. The van der Waals surface area contributed by atoms with Crippen LogP contribution in [0.15, 0.2) is 60.7 Å². The molecule has 0 unspecified atom stereocenters. The summed E-state index contributed by atoms with van der Waals surface area (Å²) < 4.78 is 5.31. The molecule has 1 aliphatic heterocycles. The lowest BCUT2D eigenvalue weighted by molar-refractivity contribution is -0.127. The average molecular weight is 404 g/mol. The average Bonchev–Trinajstić information content (AvgIpc) is 2.70. The standard InChI is InChI=1S/C21H25N3O3.ClH/c25-20(22-11-12-23-13-15-27-16-14-23)17-21(26)24(18-7-3-1-4-8-18)19-9-5-2-6-10-19;/h1-10H,11-17H2,(H,22,25);1H. The van der Waals surface area contributed by atoms with Gasteiger partial charge in [-0.3, -0.25) is 19.4 Å². The van der Waals surface area contributed by atoms with Gasteiger partial charge in [0, 0.05) is 37.6 Å². The van der Waals surface area contributed by atoms with Crippen LogP contribution in [-0.2, 0) is 14.3 Å². The Morgan fingerprint density at radius 2 is 1.46 bits per heavy atom. The molecule has 2 aromatic carbocycles. The van der Waals surface area contributed by atoms with E-state index in [4.69, 9.17) is 4.74 Å². The van der Waals surface area contributed by atoms with Gasteiger partial charge in [0.05, 0.1) is 13.2 Å². The molecule has 0 bridgehead atoms. The van der Waals surface area contributed by atoms with E-state index in [9.17, 15) is 9.59 Å². The minimum Gasteiger partial charge on any atom is -0.379 e. The van der Waals surface area contributed by atoms with Gasteiger partial charge in [0.1, 0.15) is 6.42 Å². The van der Waals surface area contributed by atoms with Crippen molar-refractivity contribution in [1.29, 1.82) is 0 Å². The summed E-state index contributed by atoms with van der Waals surface area (Å²) in [6.07, 6.45) is -0.188. The summed E-state index contributed by atoms with van der Waals surface area (Å²) in [7, 11) is 0. The highest BCUT2D eigenvalue weighted by Crippen LogP contribution is 2.25. The summed E-state index contributed by atoms with van der Waals surface area (Å²) >= 11 is 0. The van der Waals surface area contributed by atoms with Gasteiger partial charge in [-0.25, -0.2) is 0 Å². The third kappa shape index (κ3) is 6.34.